The summed E-state index contributed by atoms with van der Waals surface area (Å²) in [6, 6.07) is 10.7. The van der Waals surface area contributed by atoms with Crippen LogP contribution in [0, 0.1) is 22.7 Å². The molecule has 0 atom stereocenters. The lowest BCUT2D eigenvalue weighted by Gasteiger charge is -2.06. The summed E-state index contributed by atoms with van der Waals surface area (Å²) in [4.78, 5) is 8.55. The Hall–Kier alpha value is -2.90. The molecule has 0 aliphatic heterocycles. The second-order valence-electron chi connectivity index (χ2n) is 4.26. The zero-order valence-corrected chi connectivity index (χ0v) is 12.2. The highest BCUT2D eigenvalue weighted by molar-refractivity contribution is 9.10. The lowest BCUT2D eigenvalue weighted by Crippen LogP contribution is -2.02. The highest BCUT2D eigenvalue weighted by atomic mass is 79.9. The first-order valence-electron chi connectivity index (χ1n) is 5.88. The molecule has 0 aliphatic carbocycles. The average molecular weight is 339 g/mol. The molecule has 3 aromatic rings. The number of anilines is 1. The predicted octanol–water partition coefficient (Wildman–Crippen LogP) is 2.51. The van der Waals surface area contributed by atoms with Gasteiger partial charge in [0.2, 0.25) is 5.95 Å². The van der Waals surface area contributed by atoms with Crippen LogP contribution in [0.15, 0.2) is 34.9 Å². The fraction of sp³-hybridized carbons (Fsp3) is 0. The lowest BCUT2D eigenvalue weighted by molar-refractivity contribution is 1.08. The fourth-order valence-corrected chi connectivity index (χ4v) is 2.39. The quantitative estimate of drug-likeness (QED) is 0.733. The smallest absolute Gasteiger partial charge is 0.207 e. The predicted molar refractivity (Wildman–Crippen MR) is 80.4 cm³/mol. The molecule has 6 nitrogen and oxygen atoms in total. The second kappa shape index (κ2) is 4.89. The van der Waals surface area contributed by atoms with E-state index in [0.717, 1.165) is 4.47 Å². The number of imidazole rings is 1. The van der Waals surface area contributed by atoms with Gasteiger partial charge >= 0.3 is 0 Å². The van der Waals surface area contributed by atoms with Crippen LogP contribution >= 0.6 is 15.9 Å². The summed E-state index contributed by atoms with van der Waals surface area (Å²) in [6.45, 7) is 0. The number of fused-ring (bicyclic) bond motifs is 1. The Morgan fingerprint density at radius 3 is 2.62 bits per heavy atom. The zero-order chi connectivity index (χ0) is 15.0. The Morgan fingerprint density at radius 1 is 1.14 bits per heavy atom. The Balaban J connectivity index is 2.29. The Bertz CT molecular complexity index is 944. The van der Waals surface area contributed by atoms with Crippen molar-refractivity contribution in [3.05, 3.63) is 46.1 Å². The van der Waals surface area contributed by atoms with E-state index in [1.807, 2.05) is 18.2 Å². The van der Waals surface area contributed by atoms with Crippen LogP contribution in [0.2, 0.25) is 0 Å². The van der Waals surface area contributed by atoms with Gasteiger partial charge in [-0.05, 0) is 40.2 Å². The number of nitrogens with two attached hydrogens (primary N) is 1. The number of benzene rings is 1. The molecule has 100 valence electrons. The minimum atomic E-state index is 0.268. The van der Waals surface area contributed by atoms with Gasteiger partial charge in [-0.3, -0.25) is 4.57 Å². The van der Waals surface area contributed by atoms with Crippen molar-refractivity contribution in [2.24, 2.45) is 0 Å². The first kappa shape index (κ1) is 13.1. The molecular weight excluding hydrogens is 332 g/mol. The van der Waals surface area contributed by atoms with E-state index in [1.165, 1.54) is 0 Å². The fourth-order valence-electron chi connectivity index (χ4n) is 2.07. The van der Waals surface area contributed by atoms with Crippen molar-refractivity contribution in [3.63, 3.8) is 0 Å². The van der Waals surface area contributed by atoms with E-state index in [1.54, 1.807) is 29.0 Å². The molecule has 2 heterocycles. The van der Waals surface area contributed by atoms with Gasteiger partial charge in [0.05, 0.1) is 16.8 Å². The van der Waals surface area contributed by atoms with Gasteiger partial charge in [-0.25, -0.2) is 9.97 Å². The van der Waals surface area contributed by atoms with E-state index in [0.29, 0.717) is 22.4 Å². The van der Waals surface area contributed by atoms with E-state index in [9.17, 15) is 0 Å². The number of halogens is 1. The van der Waals surface area contributed by atoms with Gasteiger partial charge in [-0.15, -0.1) is 0 Å². The largest absolute Gasteiger partial charge is 0.369 e. The van der Waals surface area contributed by atoms with Crippen molar-refractivity contribution in [1.82, 2.24) is 14.5 Å². The molecule has 3 rings (SSSR count). The molecule has 2 N–H and O–H groups in total. The van der Waals surface area contributed by atoms with Gasteiger partial charge in [-0.2, -0.15) is 10.5 Å². The molecule has 0 unspecified atom stereocenters. The summed E-state index contributed by atoms with van der Waals surface area (Å²) in [5.41, 5.74) is 8.42. The molecule has 0 aliphatic rings. The number of pyridine rings is 1. The summed E-state index contributed by atoms with van der Waals surface area (Å²) in [5.74, 6) is 0.268. The van der Waals surface area contributed by atoms with Crippen LogP contribution in [0.1, 0.15) is 11.1 Å². The van der Waals surface area contributed by atoms with Crippen LogP contribution in [0.25, 0.3) is 16.9 Å². The standard InChI is InChI=1S/C14H7BrN6/c15-10-4-12-13(19-7-10)21(14(18)20-12)11-2-1-8(5-16)9(3-11)6-17/h1-4,7H,(H2,18,20). The van der Waals surface area contributed by atoms with E-state index in [4.69, 9.17) is 16.3 Å². The molecule has 0 spiro atoms. The monoisotopic (exact) mass is 338 g/mol. The number of nitriles is 2. The molecule has 0 fully saturated rings. The van der Waals surface area contributed by atoms with Gasteiger partial charge in [0.25, 0.3) is 0 Å². The number of aromatic nitrogens is 3. The minimum absolute atomic E-state index is 0.268. The molecule has 2 aromatic heterocycles. The molecule has 0 saturated carbocycles. The van der Waals surface area contributed by atoms with Crippen molar-refractivity contribution in [2.75, 3.05) is 5.73 Å². The van der Waals surface area contributed by atoms with E-state index >= 15 is 0 Å². The normalized spacial score (nSPS) is 10.2. The highest BCUT2D eigenvalue weighted by Crippen LogP contribution is 2.24. The van der Waals surface area contributed by atoms with Gasteiger partial charge in [0.1, 0.15) is 17.7 Å². The zero-order valence-electron chi connectivity index (χ0n) is 10.6. The molecule has 0 saturated heterocycles. The number of hydrogen-bond acceptors (Lipinski definition) is 5. The third-order valence-corrected chi connectivity index (χ3v) is 3.43. The van der Waals surface area contributed by atoms with Crippen molar-refractivity contribution in [2.45, 2.75) is 0 Å². The van der Waals surface area contributed by atoms with Crippen molar-refractivity contribution in [1.29, 1.82) is 10.5 Å². The van der Waals surface area contributed by atoms with Crippen molar-refractivity contribution >= 4 is 33.0 Å². The SMILES string of the molecule is N#Cc1ccc(-n2c(N)nc3cc(Br)cnc32)cc1C#N. The lowest BCUT2D eigenvalue weighted by atomic mass is 10.1. The molecule has 1 aromatic carbocycles. The summed E-state index contributed by atoms with van der Waals surface area (Å²) < 4.78 is 2.45. The first-order chi connectivity index (χ1) is 10.1. The number of hydrogen-bond donors (Lipinski definition) is 1. The molecule has 0 bridgehead atoms. The van der Waals surface area contributed by atoms with E-state index in [2.05, 4.69) is 25.9 Å². The number of nitrogens with zero attached hydrogens (tertiary/aromatic N) is 5. The number of rotatable bonds is 1. The Labute approximate surface area is 128 Å². The van der Waals surface area contributed by atoms with Gasteiger partial charge < -0.3 is 5.73 Å². The maximum absolute atomic E-state index is 9.11. The van der Waals surface area contributed by atoms with E-state index in [-0.39, 0.29) is 11.5 Å². The van der Waals surface area contributed by atoms with Crippen LogP contribution < -0.4 is 5.73 Å². The van der Waals surface area contributed by atoms with Crippen LogP contribution in [-0.2, 0) is 0 Å². The summed E-state index contributed by atoms with van der Waals surface area (Å²) >= 11 is 3.33. The van der Waals surface area contributed by atoms with Crippen LogP contribution in [-0.4, -0.2) is 14.5 Å². The van der Waals surface area contributed by atoms with Crippen LogP contribution in [0.4, 0.5) is 5.95 Å². The summed E-state index contributed by atoms with van der Waals surface area (Å²) in [6.07, 6.45) is 1.65. The highest BCUT2D eigenvalue weighted by Gasteiger charge is 2.13. The Morgan fingerprint density at radius 2 is 1.90 bits per heavy atom. The van der Waals surface area contributed by atoms with Gasteiger partial charge in [0.15, 0.2) is 5.65 Å². The minimum Gasteiger partial charge on any atom is -0.369 e. The molecule has 0 radical (unpaired) electrons. The van der Waals surface area contributed by atoms with Gasteiger partial charge in [0, 0.05) is 10.7 Å². The topological polar surface area (TPSA) is 104 Å². The van der Waals surface area contributed by atoms with Crippen molar-refractivity contribution in [3.8, 4) is 17.8 Å². The second-order valence-corrected chi connectivity index (χ2v) is 5.17. The Kier molecular flexibility index (Phi) is 3.05. The van der Waals surface area contributed by atoms with Gasteiger partial charge in [-0.1, -0.05) is 0 Å². The maximum atomic E-state index is 9.11. The number of nitrogen functional groups attached to an aromatic ring is 1. The average Bonchev–Trinajstić information content (AvgIpc) is 2.81. The summed E-state index contributed by atoms with van der Waals surface area (Å²) in [7, 11) is 0. The third kappa shape index (κ3) is 2.10. The van der Waals surface area contributed by atoms with Crippen molar-refractivity contribution < 1.29 is 0 Å². The maximum Gasteiger partial charge on any atom is 0.207 e. The molecule has 21 heavy (non-hydrogen) atoms. The molecular formula is C14H7BrN6. The van der Waals surface area contributed by atoms with Crippen LogP contribution in [0.3, 0.4) is 0 Å². The first-order valence-corrected chi connectivity index (χ1v) is 6.67. The van der Waals surface area contributed by atoms with Crippen LogP contribution in [0.5, 0.6) is 0 Å². The van der Waals surface area contributed by atoms with E-state index < -0.39 is 0 Å². The third-order valence-electron chi connectivity index (χ3n) is 2.99. The molecule has 0 amide bonds. The molecule has 7 heteroatoms. The summed E-state index contributed by atoms with van der Waals surface area (Å²) in [5, 5.41) is 18.1.